The fraction of sp³-hybridized carbons (Fsp3) is 0.0500. The van der Waals surface area contributed by atoms with E-state index in [0.717, 1.165) is 10.8 Å². The molecule has 3 aromatic heterocycles. The van der Waals surface area contributed by atoms with Crippen molar-refractivity contribution in [1.82, 2.24) is 14.5 Å². The number of hydrogen-bond acceptors (Lipinski definition) is 5. The highest BCUT2D eigenvalue weighted by molar-refractivity contribution is 7.14. The molecule has 8 heteroatoms. The first-order chi connectivity index (χ1) is 13.7. The molecule has 0 fully saturated rings. The molecule has 4 rings (SSSR count). The monoisotopic (exact) mass is 391 g/mol. The minimum absolute atomic E-state index is 0.293. The molecule has 140 valence electrons. The maximum atomic E-state index is 12.0. The Morgan fingerprint density at radius 2 is 1.82 bits per heavy atom. The van der Waals surface area contributed by atoms with Crippen molar-refractivity contribution in [2.24, 2.45) is 0 Å². The Morgan fingerprint density at radius 3 is 2.54 bits per heavy atom. The average molecular weight is 391 g/mol. The predicted octanol–water partition coefficient (Wildman–Crippen LogP) is 5.07. The molecular formula is C20H17N5O2S. The Balaban J connectivity index is 1.42. The van der Waals surface area contributed by atoms with Crippen LogP contribution >= 0.6 is 11.3 Å². The van der Waals surface area contributed by atoms with E-state index in [1.54, 1.807) is 30.3 Å². The number of rotatable bonds is 5. The molecule has 0 aliphatic carbocycles. The van der Waals surface area contributed by atoms with Crippen molar-refractivity contribution in [3.05, 3.63) is 78.2 Å². The molecule has 3 heterocycles. The smallest absolute Gasteiger partial charge is 0.324 e. The van der Waals surface area contributed by atoms with E-state index in [9.17, 15) is 4.79 Å². The molecule has 0 aliphatic heterocycles. The lowest BCUT2D eigenvalue weighted by molar-refractivity contribution is 0.262. The number of carbonyl (C=O) groups is 1. The number of urea groups is 1. The number of ether oxygens (including phenoxy) is 1. The van der Waals surface area contributed by atoms with Crippen molar-refractivity contribution >= 4 is 28.1 Å². The van der Waals surface area contributed by atoms with Crippen LogP contribution in [0.15, 0.2) is 72.4 Å². The summed E-state index contributed by atoms with van der Waals surface area (Å²) < 4.78 is 7.74. The number of aromatic nitrogens is 3. The third-order valence-corrected chi connectivity index (χ3v) is 4.55. The molecule has 0 bridgehead atoms. The van der Waals surface area contributed by atoms with Gasteiger partial charge in [0.2, 0.25) is 5.88 Å². The minimum atomic E-state index is -0.293. The third kappa shape index (κ3) is 4.36. The van der Waals surface area contributed by atoms with Crippen LogP contribution in [0.5, 0.6) is 11.6 Å². The van der Waals surface area contributed by atoms with Gasteiger partial charge in [0.05, 0.1) is 5.00 Å². The molecule has 28 heavy (non-hydrogen) atoms. The number of nitrogens with one attached hydrogen (secondary N) is 2. The number of aryl methyl sites for hydroxylation is 1. The zero-order valence-corrected chi connectivity index (χ0v) is 15.8. The van der Waals surface area contributed by atoms with Crippen LogP contribution < -0.4 is 15.4 Å². The lowest BCUT2D eigenvalue weighted by Gasteiger charge is -2.10. The number of thiophene rings is 1. The molecule has 0 unspecified atom stereocenters. The summed E-state index contributed by atoms with van der Waals surface area (Å²) in [6.07, 6.45) is 3.82. The highest BCUT2D eigenvalue weighted by Crippen LogP contribution is 2.23. The summed E-state index contributed by atoms with van der Waals surface area (Å²) in [4.78, 5) is 20.7. The highest BCUT2D eigenvalue weighted by atomic mass is 32.1. The highest BCUT2D eigenvalue weighted by Gasteiger charge is 2.07. The summed E-state index contributed by atoms with van der Waals surface area (Å²) in [6, 6.07) is 16.1. The van der Waals surface area contributed by atoms with Crippen LogP contribution in [0, 0.1) is 6.92 Å². The van der Waals surface area contributed by atoms with Crippen molar-refractivity contribution in [3.63, 3.8) is 0 Å². The Hall–Kier alpha value is -3.65. The molecule has 0 radical (unpaired) electrons. The maximum Gasteiger partial charge on any atom is 0.324 e. The van der Waals surface area contributed by atoms with Crippen LogP contribution in [0.2, 0.25) is 0 Å². The molecule has 2 amide bonds. The van der Waals surface area contributed by atoms with Gasteiger partial charge in [0.1, 0.15) is 17.4 Å². The van der Waals surface area contributed by atoms with Gasteiger partial charge < -0.3 is 14.6 Å². The molecule has 0 saturated carbocycles. The van der Waals surface area contributed by atoms with Gasteiger partial charge >= 0.3 is 6.03 Å². The number of carbonyl (C=O) groups excluding carboxylic acids is 1. The summed E-state index contributed by atoms with van der Waals surface area (Å²) >= 11 is 1.46. The predicted molar refractivity (Wildman–Crippen MR) is 110 cm³/mol. The second-order valence-electron chi connectivity index (χ2n) is 5.88. The molecular weight excluding hydrogens is 374 g/mol. The van der Waals surface area contributed by atoms with E-state index >= 15 is 0 Å². The second-order valence-corrected chi connectivity index (χ2v) is 6.83. The van der Waals surface area contributed by atoms with Gasteiger partial charge in [-0.2, -0.15) is 4.98 Å². The minimum Gasteiger partial charge on any atom is -0.439 e. The Bertz CT molecular complexity index is 1060. The van der Waals surface area contributed by atoms with Crippen molar-refractivity contribution < 1.29 is 9.53 Å². The van der Waals surface area contributed by atoms with E-state index in [0.29, 0.717) is 23.1 Å². The van der Waals surface area contributed by atoms with Crippen LogP contribution in [0.25, 0.3) is 5.82 Å². The summed E-state index contributed by atoms with van der Waals surface area (Å²) in [7, 11) is 0. The van der Waals surface area contributed by atoms with E-state index in [-0.39, 0.29) is 6.03 Å². The zero-order valence-electron chi connectivity index (χ0n) is 15.0. The summed E-state index contributed by atoms with van der Waals surface area (Å²) in [5, 5.41) is 8.24. The van der Waals surface area contributed by atoms with E-state index in [2.05, 4.69) is 20.6 Å². The van der Waals surface area contributed by atoms with Crippen molar-refractivity contribution in [1.29, 1.82) is 0 Å². The van der Waals surface area contributed by atoms with Crippen LogP contribution in [0.3, 0.4) is 0 Å². The van der Waals surface area contributed by atoms with Crippen molar-refractivity contribution in [2.75, 3.05) is 10.6 Å². The van der Waals surface area contributed by atoms with E-state index < -0.39 is 0 Å². The Kier molecular flexibility index (Phi) is 5.03. The van der Waals surface area contributed by atoms with Crippen LogP contribution in [-0.4, -0.2) is 20.6 Å². The van der Waals surface area contributed by atoms with E-state index in [1.165, 1.54) is 11.3 Å². The van der Waals surface area contributed by atoms with Gasteiger partial charge in [-0.05, 0) is 60.8 Å². The number of benzene rings is 1. The summed E-state index contributed by atoms with van der Waals surface area (Å²) in [5.74, 6) is 2.41. The summed E-state index contributed by atoms with van der Waals surface area (Å²) in [5.41, 5.74) is 0.660. The molecule has 0 aliphatic rings. The van der Waals surface area contributed by atoms with Gasteiger partial charge in [0.15, 0.2) is 0 Å². The molecule has 0 atom stereocenters. The largest absolute Gasteiger partial charge is 0.439 e. The van der Waals surface area contributed by atoms with Gasteiger partial charge in [-0.3, -0.25) is 5.32 Å². The first-order valence-corrected chi connectivity index (χ1v) is 9.42. The maximum absolute atomic E-state index is 12.0. The quantitative estimate of drug-likeness (QED) is 0.497. The van der Waals surface area contributed by atoms with Crippen LogP contribution in [0.1, 0.15) is 5.82 Å². The zero-order chi connectivity index (χ0) is 19.3. The SMILES string of the molecule is Cc1nc(Oc2ccc(NC(=O)Nc3cccs3)cc2)cc(-n2cccc2)n1. The average Bonchev–Trinajstić information content (AvgIpc) is 3.37. The lowest BCUT2D eigenvalue weighted by atomic mass is 10.3. The molecule has 0 spiro atoms. The number of nitrogens with zero attached hydrogens (tertiary/aromatic N) is 3. The van der Waals surface area contributed by atoms with Crippen molar-refractivity contribution in [2.45, 2.75) is 6.92 Å². The number of amides is 2. The normalized spacial score (nSPS) is 10.5. The standard InChI is InChI=1S/C20H17N5O2S/c1-14-21-17(25-10-2-3-11-25)13-18(22-14)27-16-8-6-15(7-9-16)23-20(26)24-19-5-4-12-28-19/h2-13H,1H3,(H2,23,24,26). The van der Waals surface area contributed by atoms with Gasteiger partial charge in [0, 0.05) is 24.1 Å². The second kappa shape index (κ2) is 7.93. The Labute approximate surface area is 165 Å². The topological polar surface area (TPSA) is 81.1 Å². The number of hydrogen-bond donors (Lipinski definition) is 2. The summed E-state index contributed by atoms with van der Waals surface area (Å²) in [6.45, 7) is 1.82. The van der Waals surface area contributed by atoms with Crippen LogP contribution in [-0.2, 0) is 0 Å². The molecule has 1 aromatic carbocycles. The van der Waals surface area contributed by atoms with Gasteiger partial charge in [-0.1, -0.05) is 0 Å². The van der Waals surface area contributed by atoms with Gasteiger partial charge in [-0.25, -0.2) is 9.78 Å². The molecule has 0 saturated heterocycles. The number of anilines is 2. The van der Waals surface area contributed by atoms with Crippen LogP contribution in [0.4, 0.5) is 15.5 Å². The van der Waals surface area contributed by atoms with E-state index in [4.69, 9.17) is 4.74 Å². The van der Waals surface area contributed by atoms with Gasteiger partial charge in [-0.15, -0.1) is 11.3 Å². The lowest BCUT2D eigenvalue weighted by Crippen LogP contribution is -2.18. The fourth-order valence-electron chi connectivity index (χ4n) is 2.55. The molecule has 2 N–H and O–H groups in total. The van der Waals surface area contributed by atoms with E-state index in [1.807, 2.05) is 53.5 Å². The Morgan fingerprint density at radius 1 is 1.04 bits per heavy atom. The molecule has 4 aromatic rings. The molecule has 7 nitrogen and oxygen atoms in total. The fourth-order valence-corrected chi connectivity index (χ4v) is 3.16. The van der Waals surface area contributed by atoms with Crippen molar-refractivity contribution in [3.8, 4) is 17.4 Å². The first-order valence-electron chi connectivity index (χ1n) is 8.54. The van der Waals surface area contributed by atoms with Gasteiger partial charge in [0.25, 0.3) is 0 Å². The third-order valence-electron chi connectivity index (χ3n) is 3.76. The first kappa shape index (κ1) is 17.7.